The van der Waals surface area contributed by atoms with Gasteiger partial charge >= 0.3 is 0 Å². The van der Waals surface area contributed by atoms with Crippen LogP contribution in [0.25, 0.3) is 0 Å². The van der Waals surface area contributed by atoms with Gasteiger partial charge in [-0.1, -0.05) is 18.2 Å². The fourth-order valence-corrected chi connectivity index (χ4v) is 2.72. The molecule has 6 nitrogen and oxygen atoms in total. The van der Waals surface area contributed by atoms with Crippen LogP contribution in [-0.4, -0.2) is 30.2 Å². The molecule has 6 heteroatoms. The summed E-state index contributed by atoms with van der Waals surface area (Å²) in [4.78, 5) is 12.5. The van der Waals surface area contributed by atoms with Gasteiger partial charge in [0.2, 0.25) is 5.75 Å². The van der Waals surface area contributed by atoms with E-state index < -0.39 is 6.10 Å². The number of carbonyl (C=O) groups is 1. The molecule has 0 amide bonds. The van der Waals surface area contributed by atoms with Crippen LogP contribution in [0.3, 0.4) is 0 Å². The summed E-state index contributed by atoms with van der Waals surface area (Å²) in [6.07, 6.45) is -0.662. The van der Waals surface area contributed by atoms with Crippen LogP contribution in [0.2, 0.25) is 0 Å². The zero-order valence-electron chi connectivity index (χ0n) is 12.7. The summed E-state index contributed by atoms with van der Waals surface area (Å²) < 4.78 is 16.3. The Hall–Kier alpha value is -2.89. The number of ether oxygens (including phenoxy) is 3. The molecular weight excluding hydrogens is 300 g/mol. The van der Waals surface area contributed by atoms with Gasteiger partial charge in [0.25, 0.3) is 0 Å². The summed E-state index contributed by atoms with van der Waals surface area (Å²) in [6.45, 7) is 0. The van der Waals surface area contributed by atoms with Crippen LogP contribution in [0.15, 0.2) is 30.3 Å². The second kappa shape index (κ2) is 5.72. The van der Waals surface area contributed by atoms with E-state index in [0.29, 0.717) is 5.56 Å². The number of Topliss-reactive ketones (excluding diaryl/α,β-unsaturated/α-hetero) is 1. The van der Waals surface area contributed by atoms with Gasteiger partial charge in [0.05, 0.1) is 20.6 Å². The van der Waals surface area contributed by atoms with E-state index in [1.54, 1.807) is 18.2 Å². The Kier molecular flexibility index (Phi) is 3.73. The first-order chi connectivity index (χ1) is 11.1. The van der Waals surface area contributed by atoms with E-state index in [2.05, 4.69) is 0 Å². The third-order valence-electron chi connectivity index (χ3n) is 3.80. The lowest BCUT2D eigenvalue weighted by Gasteiger charge is -2.28. The van der Waals surface area contributed by atoms with E-state index in [1.807, 2.05) is 0 Å². The second-order valence-electron chi connectivity index (χ2n) is 5.13. The minimum absolute atomic E-state index is 0.00756. The summed E-state index contributed by atoms with van der Waals surface area (Å²) in [5.74, 6) is 0.133. The van der Waals surface area contributed by atoms with Gasteiger partial charge in [0.1, 0.15) is 23.2 Å². The number of aromatic hydroxyl groups is 2. The number of rotatable bonds is 3. The largest absolute Gasteiger partial charge is 0.508 e. The molecule has 0 radical (unpaired) electrons. The maximum Gasteiger partial charge on any atom is 0.204 e. The first kappa shape index (κ1) is 15.0. The van der Waals surface area contributed by atoms with Crippen LogP contribution in [0.4, 0.5) is 0 Å². The topological polar surface area (TPSA) is 85.2 Å². The number of phenolic OH excluding ortho intramolecular Hbond substituents is 2. The van der Waals surface area contributed by atoms with Gasteiger partial charge < -0.3 is 24.4 Å². The van der Waals surface area contributed by atoms with Crippen molar-refractivity contribution in [2.45, 2.75) is 12.5 Å². The molecule has 1 atom stereocenters. The average Bonchev–Trinajstić information content (AvgIpc) is 2.54. The minimum Gasteiger partial charge on any atom is -0.508 e. The van der Waals surface area contributed by atoms with Gasteiger partial charge in [-0.05, 0) is 6.07 Å². The Labute approximate surface area is 132 Å². The molecule has 2 aromatic rings. The van der Waals surface area contributed by atoms with Crippen molar-refractivity contribution < 1.29 is 29.2 Å². The molecule has 0 bridgehead atoms. The fourth-order valence-electron chi connectivity index (χ4n) is 2.72. The predicted molar refractivity (Wildman–Crippen MR) is 81.6 cm³/mol. The molecule has 0 aromatic heterocycles. The summed E-state index contributed by atoms with van der Waals surface area (Å²) in [7, 11) is 2.85. The van der Waals surface area contributed by atoms with E-state index in [0.717, 1.165) is 0 Å². The van der Waals surface area contributed by atoms with Crippen LogP contribution in [0, 0.1) is 0 Å². The molecule has 0 saturated heterocycles. The SMILES string of the molecule is COc1cc(O)c2c(c1OC)OC(c1ccccc1O)CC2=O. The quantitative estimate of drug-likeness (QED) is 0.905. The molecule has 1 heterocycles. The number of benzene rings is 2. The van der Waals surface area contributed by atoms with Crippen molar-refractivity contribution in [1.82, 2.24) is 0 Å². The van der Waals surface area contributed by atoms with E-state index in [9.17, 15) is 15.0 Å². The Morgan fingerprint density at radius 2 is 1.87 bits per heavy atom. The molecule has 1 unspecified atom stereocenters. The average molecular weight is 316 g/mol. The van der Waals surface area contributed by atoms with Crippen LogP contribution in [0.1, 0.15) is 28.4 Å². The summed E-state index contributed by atoms with van der Waals surface area (Å²) in [5.41, 5.74) is 0.560. The highest BCUT2D eigenvalue weighted by atomic mass is 16.5. The second-order valence-corrected chi connectivity index (χ2v) is 5.13. The van der Waals surface area contributed by atoms with E-state index in [4.69, 9.17) is 14.2 Å². The van der Waals surface area contributed by atoms with Crippen molar-refractivity contribution in [3.05, 3.63) is 41.5 Å². The van der Waals surface area contributed by atoms with Gasteiger partial charge in [0, 0.05) is 11.6 Å². The van der Waals surface area contributed by atoms with Crippen molar-refractivity contribution in [3.63, 3.8) is 0 Å². The molecule has 1 aliphatic heterocycles. The zero-order chi connectivity index (χ0) is 16.6. The number of ketones is 1. The Bertz CT molecular complexity index is 768. The molecule has 0 saturated carbocycles. The zero-order valence-corrected chi connectivity index (χ0v) is 12.7. The summed E-state index contributed by atoms with van der Waals surface area (Å²) in [5, 5.41) is 20.1. The normalized spacial score (nSPS) is 16.4. The number of hydrogen-bond acceptors (Lipinski definition) is 6. The molecule has 0 aliphatic carbocycles. The highest BCUT2D eigenvalue weighted by molar-refractivity contribution is 6.04. The smallest absolute Gasteiger partial charge is 0.204 e. The first-order valence-electron chi connectivity index (χ1n) is 7.02. The predicted octanol–water partition coefficient (Wildman–Crippen LogP) is 2.82. The van der Waals surface area contributed by atoms with Gasteiger partial charge in [-0.3, -0.25) is 4.79 Å². The molecule has 23 heavy (non-hydrogen) atoms. The van der Waals surface area contributed by atoms with Crippen LogP contribution in [0.5, 0.6) is 28.7 Å². The monoisotopic (exact) mass is 316 g/mol. The van der Waals surface area contributed by atoms with Gasteiger partial charge in [-0.15, -0.1) is 0 Å². The number of para-hydroxylation sites is 1. The van der Waals surface area contributed by atoms with Gasteiger partial charge in [0.15, 0.2) is 17.3 Å². The third kappa shape index (κ3) is 2.42. The van der Waals surface area contributed by atoms with Crippen molar-refractivity contribution >= 4 is 5.78 Å². The van der Waals surface area contributed by atoms with E-state index in [1.165, 1.54) is 26.4 Å². The van der Waals surface area contributed by atoms with Crippen molar-refractivity contribution in [2.75, 3.05) is 14.2 Å². The highest BCUT2D eigenvalue weighted by Gasteiger charge is 2.35. The molecule has 2 aromatic carbocycles. The molecule has 3 rings (SSSR count). The molecule has 120 valence electrons. The molecule has 0 fully saturated rings. The number of hydrogen-bond donors (Lipinski definition) is 2. The lowest BCUT2D eigenvalue weighted by Crippen LogP contribution is -2.21. The van der Waals surface area contributed by atoms with E-state index in [-0.39, 0.29) is 46.5 Å². The highest BCUT2D eigenvalue weighted by Crippen LogP contribution is 2.50. The molecular formula is C17H16O6. The van der Waals surface area contributed by atoms with Crippen LogP contribution in [-0.2, 0) is 0 Å². The van der Waals surface area contributed by atoms with Crippen molar-refractivity contribution in [2.24, 2.45) is 0 Å². The maximum absolute atomic E-state index is 12.5. The third-order valence-corrected chi connectivity index (χ3v) is 3.80. The minimum atomic E-state index is -0.670. The molecule has 2 N–H and O–H groups in total. The standard InChI is InChI=1S/C17H16O6/c1-21-14-8-12(20)15-11(19)7-13(23-17(15)16(14)22-2)9-5-3-4-6-10(9)18/h3-6,8,13,18,20H,7H2,1-2H3. The fraction of sp³-hybridized carbons (Fsp3) is 0.235. The maximum atomic E-state index is 12.5. The number of methoxy groups -OCH3 is 2. The van der Waals surface area contributed by atoms with Crippen LogP contribution < -0.4 is 14.2 Å². The number of fused-ring (bicyclic) bond motifs is 1. The first-order valence-corrected chi connectivity index (χ1v) is 7.02. The van der Waals surface area contributed by atoms with Gasteiger partial charge in [-0.25, -0.2) is 0 Å². The van der Waals surface area contributed by atoms with Gasteiger partial charge in [-0.2, -0.15) is 0 Å². The van der Waals surface area contributed by atoms with Crippen molar-refractivity contribution in [3.8, 4) is 28.7 Å². The number of phenols is 2. The summed E-state index contributed by atoms with van der Waals surface area (Å²) in [6, 6.07) is 7.97. The molecule has 0 spiro atoms. The Morgan fingerprint density at radius 3 is 2.52 bits per heavy atom. The van der Waals surface area contributed by atoms with E-state index >= 15 is 0 Å². The lowest BCUT2D eigenvalue weighted by atomic mass is 9.94. The van der Waals surface area contributed by atoms with Crippen LogP contribution >= 0.6 is 0 Å². The lowest BCUT2D eigenvalue weighted by molar-refractivity contribution is 0.0833. The summed E-state index contributed by atoms with van der Waals surface area (Å²) >= 11 is 0. The Balaban J connectivity index is 2.13. The number of carbonyl (C=O) groups excluding carboxylic acids is 1. The molecule has 1 aliphatic rings. The Morgan fingerprint density at radius 1 is 1.13 bits per heavy atom. The van der Waals surface area contributed by atoms with Crippen molar-refractivity contribution in [1.29, 1.82) is 0 Å².